The molecule has 0 aromatic heterocycles. The molecule has 26 heavy (non-hydrogen) atoms. The number of hydrogen-bond acceptors (Lipinski definition) is 4. The van der Waals surface area contributed by atoms with Gasteiger partial charge in [-0.1, -0.05) is 56.3 Å². The molecule has 2 aromatic carbocycles. The van der Waals surface area contributed by atoms with Gasteiger partial charge < -0.3 is 4.74 Å². The van der Waals surface area contributed by atoms with E-state index >= 15 is 0 Å². The van der Waals surface area contributed by atoms with Crippen LogP contribution in [-0.4, -0.2) is 21.5 Å². The highest BCUT2D eigenvalue weighted by molar-refractivity contribution is 7.88. The van der Waals surface area contributed by atoms with Gasteiger partial charge in [-0.15, -0.1) is 0 Å². The number of sulfonamides is 1. The van der Waals surface area contributed by atoms with E-state index in [1.165, 1.54) is 7.11 Å². The van der Waals surface area contributed by atoms with Gasteiger partial charge in [0.25, 0.3) is 0 Å². The van der Waals surface area contributed by atoms with Crippen LogP contribution in [0.1, 0.15) is 47.8 Å². The maximum absolute atomic E-state index is 12.6. The number of hydrogen-bond donors (Lipinski definition) is 1. The Balaban J connectivity index is 2.13. The molecule has 0 spiro atoms. The van der Waals surface area contributed by atoms with E-state index in [1.807, 2.05) is 30.3 Å². The number of rotatable bonds is 8. The number of carbonyl (C=O) groups is 1. The summed E-state index contributed by atoms with van der Waals surface area (Å²) in [6, 6.07) is 15.7. The van der Waals surface area contributed by atoms with Gasteiger partial charge in [0, 0.05) is 6.04 Å². The van der Waals surface area contributed by atoms with Crippen LogP contribution < -0.4 is 4.72 Å². The van der Waals surface area contributed by atoms with E-state index in [1.54, 1.807) is 24.3 Å². The van der Waals surface area contributed by atoms with E-state index in [0.717, 1.165) is 5.56 Å². The number of ether oxygens (including phenoxy) is 1. The summed E-state index contributed by atoms with van der Waals surface area (Å²) in [7, 11) is -2.22. The summed E-state index contributed by atoms with van der Waals surface area (Å²) in [5.41, 5.74) is 1.95. The van der Waals surface area contributed by atoms with Gasteiger partial charge in [-0.05, 0) is 35.6 Å². The second kappa shape index (κ2) is 8.96. The van der Waals surface area contributed by atoms with Gasteiger partial charge >= 0.3 is 5.97 Å². The van der Waals surface area contributed by atoms with Crippen molar-refractivity contribution in [1.82, 2.24) is 4.72 Å². The van der Waals surface area contributed by atoms with Gasteiger partial charge in [-0.3, -0.25) is 0 Å². The Hall–Kier alpha value is -2.18. The lowest BCUT2D eigenvalue weighted by Gasteiger charge is -2.21. The van der Waals surface area contributed by atoms with Crippen molar-refractivity contribution in [3.63, 3.8) is 0 Å². The van der Waals surface area contributed by atoms with Crippen molar-refractivity contribution in [3.05, 3.63) is 71.3 Å². The minimum absolute atomic E-state index is 0.143. The Morgan fingerprint density at radius 1 is 1.04 bits per heavy atom. The van der Waals surface area contributed by atoms with Gasteiger partial charge in [0.15, 0.2) is 0 Å². The lowest BCUT2D eigenvalue weighted by Crippen LogP contribution is -2.30. The van der Waals surface area contributed by atoms with Crippen LogP contribution >= 0.6 is 0 Å². The minimum atomic E-state index is -3.53. The summed E-state index contributed by atoms with van der Waals surface area (Å²) in [4.78, 5) is 11.5. The molecule has 0 unspecified atom stereocenters. The molecule has 0 amide bonds. The second-order valence-electron chi connectivity index (χ2n) is 6.66. The third kappa shape index (κ3) is 5.97. The zero-order valence-corrected chi connectivity index (χ0v) is 16.1. The van der Waals surface area contributed by atoms with Crippen molar-refractivity contribution >= 4 is 16.0 Å². The van der Waals surface area contributed by atoms with Crippen LogP contribution in [0.3, 0.4) is 0 Å². The number of benzene rings is 2. The molecule has 0 radical (unpaired) electrons. The molecule has 0 fully saturated rings. The summed E-state index contributed by atoms with van der Waals surface area (Å²) in [6.45, 7) is 4.13. The molecule has 0 aliphatic heterocycles. The van der Waals surface area contributed by atoms with Crippen LogP contribution in [0, 0.1) is 5.92 Å². The predicted octanol–water partition coefficient (Wildman–Crippen LogP) is 3.68. The maximum atomic E-state index is 12.6. The van der Waals surface area contributed by atoms with Crippen molar-refractivity contribution in [1.29, 1.82) is 0 Å². The summed E-state index contributed by atoms with van der Waals surface area (Å²) >= 11 is 0. The molecule has 140 valence electrons. The minimum Gasteiger partial charge on any atom is -0.465 e. The quantitative estimate of drug-likeness (QED) is 0.715. The summed E-state index contributed by atoms with van der Waals surface area (Å²) < 4.78 is 32.7. The summed E-state index contributed by atoms with van der Waals surface area (Å²) in [6.07, 6.45) is 0.713. The molecule has 2 aromatic rings. The first kappa shape index (κ1) is 20.1. The monoisotopic (exact) mass is 375 g/mol. The SMILES string of the molecule is COC(=O)c1ccc(CS(=O)(=O)N[C@@H](CC(C)C)c2ccccc2)cc1. The topological polar surface area (TPSA) is 72.5 Å². The zero-order valence-electron chi connectivity index (χ0n) is 15.3. The van der Waals surface area contributed by atoms with Crippen molar-refractivity contribution in [2.75, 3.05) is 7.11 Å². The van der Waals surface area contributed by atoms with Crippen LogP contribution in [0.25, 0.3) is 0 Å². The van der Waals surface area contributed by atoms with E-state index < -0.39 is 16.0 Å². The third-order valence-corrected chi connectivity index (χ3v) is 5.32. The van der Waals surface area contributed by atoms with Crippen LogP contribution in [-0.2, 0) is 20.5 Å². The van der Waals surface area contributed by atoms with E-state index in [9.17, 15) is 13.2 Å². The summed E-state index contributed by atoms with van der Waals surface area (Å²) in [5, 5.41) is 0. The molecule has 5 nitrogen and oxygen atoms in total. The molecule has 6 heteroatoms. The molecule has 0 saturated heterocycles. The number of methoxy groups -OCH3 is 1. The Bertz CT molecular complexity index is 815. The van der Waals surface area contributed by atoms with Crippen LogP contribution in [0.2, 0.25) is 0 Å². The highest BCUT2D eigenvalue weighted by Crippen LogP contribution is 2.23. The number of carbonyl (C=O) groups excluding carboxylic acids is 1. The highest BCUT2D eigenvalue weighted by atomic mass is 32.2. The van der Waals surface area contributed by atoms with Crippen molar-refractivity contribution < 1.29 is 17.9 Å². The Morgan fingerprint density at radius 3 is 2.19 bits per heavy atom. The van der Waals surface area contributed by atoms with E-state index in [-0.39, 0.29) is 11.8 Å². The molecule has 1 atom stereocenters. The zero-order chi connectivity index (χ0) is 19.2. The van der Waals surface area contributed by atoms with Crippen molar-refractivity contribution in [3.8, 4) is 0 Å². The van der Waals surface area contributed by atoms with E-state index in [2.05, 4.69) is 23.3 Å². The number of esters is 1. The molecule has 0 aliphatic rings. The maximum Gasteiger partial charge on any atom is 0.337 e. The molecular formula is C20H25NO4S. The van der Waals surface area contributed by atoms with Gasteiger partial charge in [-0.25, -0.2) is 17.9 Å². The third-order valence-electron chi connectivity index (χ3n) is 3.96. The van der Waals surface area contributed by atoms with Gasteiger partial charge in [0.05, 0.1) is 18.4 Å². The van der Waals surface area contributed by atoms with Gasteiger partial charge in [0.2, 0.25) is 10.0 Å². The Kier molecular flexibility index (Phi) is 6.94. The molecule has 0 bridgehead atoms. The molecule has 0 heterocycles. The standard InChI is InChI=1S/C20H25NO4S/c1-15(2)13-19(17-7-5-4-6-8-17)21-26(23,24)14-16-9-11-18(12-10-16)20(22)25-3/h4-12,15,19,21H,13-14H2,1-3H3/t19-/m0/s1. The fourth-order valence-corrected chi connectivity index (χ4v) is 4.12. The number of nitrogens with one attached hydrogen (secondary N) is 1. The van der Waals surface area contributed by atoms with E-state index in [0.29, 0.717) is 23.5 Å². The molecule has 0 saturated carbocycles. The largest absolute Gasteiger partial charge is 0.465 e. The summed E-state index contributed by atoms with van der Waals surface area (Å²) in [5.74, 6) is -0.239. The van der Waals surface area contributed by atoms with E-state index in [4.69, 9.17) is 0 Å². The van der Waals surface area contributed by atoms with Crippen molar-refractivity contribution in [2.45, 2.75) is 32.1 Å². The first-order valence-electron chi connectivity index (χ1n) is 8.53. The predicted molar refractivity (Wildman–Crippen MR) is 102 cm³/mol. The normalized spacial score (nSPS) is 12.8. The molecular weight excluding hydrogens is 350 g/mol. The smallest absolute Gasteiger partial charge is 0.337 e. The lowest BCUT2D eigenvalue weighted by molar-refractivity contribution is 0.0600. The Labute approximate surface area is 155 Å². The fourth-order valence-electron chi connectivity index (χ4n) is 2.74. The Morgan fingerprint density at radius 2 is 1.65 bits per heavy atom. The average molecular weight is 375 g/mol. The van der Waals surface area contributed by atoms with Gasteiger partial charge in [-0.2, -0.15) is 0 Å². The second-order valence-corrected chi connectivity index (χ2v) is 8.41. The van der Waals surface area contributed by atoms with Crippen molar-refractivity contribution in [2.24, 2.45) is 5.92 Å². The van der Waals surface area contributed by atoms with Gasteiger partial charge in [0.1, 0.15) is 0 Å². The van der Waals surface area contributed by atoms with Crippen LogP contribution in [0.15, 0.2) is 54.6 Å². The first-order chi connectivity index (χ1) is 12.3. The highest BCUT2D eigenvalue weighted by Gasteiger charge is 2.21. The van der Waals surface area contributed by atoms with Crippen LogP contribution in [0.5, 0.6) is 0 Å². The first-order valence-corrected chi connectivity index (χ1v) is 10.2. The fraction of sp³-hybridized carbons (Fsp3) is 0.350. The van der Waals surface area contributed by atoms with Crippen LogP contribution in [0.4, 0.5) is 0 Å². The lowest BCUT2D eigenvalue weighted by atomic mass is 9.98. The molecule has 0 aliphatic carbocycles. The molecule has 1 N–H and O–H groups in total. The average Bonchev–Trinajstić information content (AvgIpc) is 2.61. The molecule has 2 rings (SSSR count).